The fraction of sp³-hybridized carbons (Fsp3) is 0.227. The van der Waals surface area contributed by atoms with Gasteiger partial charge in [-0.1, -0.05) is 0 Å². The van der Waals surface area contributed by atoms with Crippen LogP contribution in [0.5, 0.6) is 5.88 Å². The molecule has 0 amide bonds. The third-order valence-electron chi connectivity index (χ3n) is 5.39. The second-order valence-electron chi connectivity index (χ2n) is 7.76. The molecule has 0 unspecified atom stereocenters. The van der Waals surface area contributed by atoms with Crippen LogP contribution in [0.1, 0.15) is 6.42 Å². The molecule has 1 fully saturated rings. The lowest BCUT2D eigenvalue weighted by atomic mass is 10.3. The smallest absolute Gasteiger partial charge is 0.244 e. The van der Waals surface area contributed by atoms with E-state index in [0.29, 0.717) is 25.0 Å². The highest BCUT2D eigenvalue weighted by Crippen LogP contribution is 2.30. The van der Waals surface area contributed by atoms with Crippen LogP contribution in [0.3, 0.4) is 0 Å². The van der Waals surface area contributed by atoms with E-state index in [0.717, 1.165) is 34.5 Å². The van der Waals surface area contributed by atoms with Crippen molar-refractivity contribution in [2.45, 2.75) is 12.5 Å². The van der Waals surface area contributed by atoms with Gasteiger partial charge in [-0.15, -0.1) is 0 Å². The van der Waals surface area contributed by atoms with E-state index >= 15 is 0 Å². The molecule has 11 nitrogen and oxygen atoms in total. The number of nitrogens with zero attached hydrogens (tertiary/aromatic N) is 8. The highest BCUT2D eigenvalue weighted by atomic mass is 16.5. The fourth-order valence-corrected chi connectivity index (χ4v) is 3.81. The summed E-state index contributed by atoms with van der Waals surface area (Å²) in [5.41, 5.74) is 4.05. The number of fused-ring (bicyclic) bond motifs is 1. The van der Waals surface area contributed by atoms with Crippen LogP contribution in [0.25, 0.3) is 22.4 Å². The molecule has 1 aliphatic rings. The summed E-state index contributed by atoms with van der Waals surface area (Å²) in [5.74, 6) is 0.914. The van der Waals surface area contributed by atoms with Gasteiger partial charge in [-0.05, 0) is 18.2 Å². The van der Waals surface area contributed by atoms with Crippen molar-refractivity contribution in [2.24, 2.45) is 7.05 Å². The van der Waals surface area contributed by atoms with Crippen molar-refractivity contribution in [2.75, 3.05) is 18.5 Å². The van der Waals surface area contributed by atoms with Gasteiger partial charge in [0.25, 0.3) is 0 Å². The van der Waals surface area contributed by atoms with Gasteiger partial charge in [0, 0.05) is 32.1 Å². The van der Waals surface area contributed by atoms with Crippen LogP contribution in [0.4, 0.5) is 11.6 Å². The summed E-state index contributed by atoms with van der Waals surface area (Å²) in [6.45, 7) is 1.22. The number of hydrogen-bond donors (Lipinski definition) is 1. The summed E-state index contributed by atoms with van der Waals surface area (Å²) in [6, 6.07) is 5.74. The van der Waals surface area contributed by atoms with E-state index in [9.17, 15) is 0 Å². The van der Waals surface area contributed by atoms with Gasteiger partial charge in [-0.3, -0.25) is 9.67 Å². The summed E-state index contributed by atoms with van der Waals surface area (Å²) >= 11 is 0. The molecule has 1 aliphatic heterocycles. The average Bonchev–Trinajstić information content (AvgIpc) is 3.62. The first kappa shape index (κ1) is 19.4. The van der Waals surface area contributed by atoms with E-state index in [1.165, 1.54) is 0 Å². The number of hydrogen-bond acceptors (Lipinski definition) is 8. The molecule has 0 saturated carbocycles. The zero-order valence-electron chi connectivity index (χ0n) is 17.9. The molecular formula is C22H21N9O2. The second kappa shape index (κ2) is 8.02. The first-order valence-electron chi connectivity index (χ1n) is 10.6. The Bertz CT molecular complexity index is 1400. The Kier molecular flexibility index (Phi) is 4.73. The molecular weight excluding hydrogens is 422 g/mol. The number of anilines is 2. The van der Waals surface area contributed by atoms with Gasteiger partial charge >= 0.3 is 0 Å². The van der Waals surface area contributed by atoms with E-state index in [1.807, 2.05) is 48.4 Å². The minimum Gasteiger partial charge on any atom is -0.470 e. The summed E-state index contributed by atoms with van der Waals surface area (Å²) in [4.78, 5) is 13.6. The van der Waals surface area contributed by atoms with Crippen molar-refractivity contribution < 1.29 is 9.47 Å². The lowest BCUT2D eigenvalue weighted by Crippen LogP contribution is -2.17. The van der Waals surface area contributed by atoms with Gasteiger partial charge in [0.1, 0.15) is 11.6 Å². The topological polar surface area (TPSA) is 110 Å². The molecule has 5 aromatic heterocycles. The molecule has 0 bridgehead atoms. The maximum absolute atomic E-state index is 6.28. The molecule has 0 aliphatic carbocycles. The molecule has 5 aromatic rings. The maximum atomic E-state index is 6.28. The summed E-state index contributed by atoms with van der Waals surface area (Å²) < 4.78 is 17.2. The van der Waals surface area contributed by atoms with Crippen LogP contribution in [-0.4, -0.2) is 58.4 Å². The molecule has 6 heterocycles. The van der Waals surface area contributed by atoms with Gasteiger partial charge in [-0.25, -0.2) is 9.67 Å². The van der Waals surface area contributed by atoms with Crippen LogP contribution in [0.2, 0.25) is 0 Å². The average molecular weight is 443 g/mol. The van der Waals surface area contributed by atoms with E-state index in [2.05, 4.69) is 20.5 Å². The number of ether oxygens (including phenoxy) is 2. The van der Waals surface area contributed by atoms with Crippen LogP contribution in [0, 0.1) is 0 Å². The van der Waals surface area contributed by atoms with Crippen molar-refractivity contribution in [1.29, 1.82) is 0 Å². The fourth-order valence-electron chi connectivity index (χ4n) is 3.81. The van der Waals surface area contributed by atoms with E-state index in [1.54, 1.807) is 34.2 Å². The first-order chi connectivity index (χ1) is 16.2. The van der Waals surface area contributed by atoms with Gasteiger partial charge in [0.15, 0.2) is 0 Å². The molecule has 11 heteroatoms. The van der Waals surface area contributed by atoms with Crippen molar-refractivity contribution in [3.05, 3.63) is 61.6 Å². The molecule has 33 heavy (non-hydrogen) atoms. The van der Waals surface area contributed by atoms with Crippen molar-refractivity contribution >= 4 is 22.7 Å². The summed E-state index contributed by atoms with van der Waals surface area (Å²) in [6.07, 6.45) is 13.5. The highest BCUT2D eigenvalue weighted by Gasteiger charge is 2.22. The SMILES string of the molecule is Cn1cc(-n2ccc3nc(Nc4cnn(-c5cccnc5)c4)nc(O[C@H]4CCOC4)c32)cn1. The third-order valence-corrected chi connectivity index (χ3v) is 5.39. The number of aryl methyl sites for hydroxylation is 1. The highest BCUT2D eigenvalue weighted by molar-refractivity contribution is 5.84. The van der Waals surface area contributed by atoms with E-state index in [-0.39, 0.29) is 6.10 Å². The molecule has 0 radical (unpaired) electrons. The number of pyridine rings is 1. The minimum atomic E-state index is -0.0541. The Morgan fingerprint density at radius 1 is 1.09 bits per heavy atom. The first-order valence-corrected chi connectivity index (χ1v) is 10.6. The Labute approximate surface area is 188 Å². The predicted octanol–water partition coefficient (Wildman–Crippen LogP) is 2.65. The minimum absolute atomic E-state index is 0.0541. The third kappa shape index (κ3) is 3.78. The predicted molar refractivity (Wildman–Crippen MR) is 120 cm³/mol. The van der Waals surface area contributed by atoms with Crippen molar-refractivity contribution in [3.8, 4) is 17.3 Å². The Morgan fingerprint density at radius 3 is 2.85 bits per heavy atom. The lowest BCUT2D eigenvalue weighted by Gasteiger charge is -2.14. The van der Waals surface area contributed by atoms with E-state index < -0.39 is 0 Å². The van der Waals surface area contributed by atoms with E-state index in [4.69, 9.17) is 19.4 Å². The van der Waals surface area contributed by atoms with Gasteiger partial charge in [0.2, 0.25) is 11.8 Å². The van der Waals surface area contributed by atoms with Gasteiger partial charge in [0.05, 0.1) is 60.6 Å². The standard InChI is InChI=1S/C22H21N9O2/c1-29-13-17(11-24-29)30-7-4-19-20(30)21(33-18-5-8-32-14-18)28-22(27-19)26-15-9-25-31(12-15)16-3-2-6-23-10-16/h2-4,6-7,9-13,18H,5,8,14H2,1H3,(H,26,27,28)/t18-/m0/s1. The van der Waals surface area contributed by atoms with Gasteiger partial charge in [-0.2, -0.15) is 15.2 Å². The Morgan fingerprint density at radius 2 is 2.06 bits per heavy atom. The lowest BCUT2D eigenvalue weighted by molar-refractivity contribution is 0.139. The molecule has 0 spiro atoms. The van der Waals surface area contributed by atoms with Crippen molar-refractivity contribution in [3.63, 3.8) is 0 Å². The quantitative estimate of drug-likeness (QED) is 0.427. The summed E-state index contributed by atoms with van der Waals surface area (Å²) in [5, 5.41) is 11.9. The molecule has 6 rings (SSSR count). The summed E-state index contributed by atoms with van der Waals surface area (Å²) in [7, 11) is 1.88. The molecule has 0 aromatic carbocycles. The maximum Gasteiger partial charge on any atom is 0.244 e. The normalized spacial score (nSPS) is 15.8. The molecule has 1 saturated heterocycles. The molecule has 1 N–H and O–H groups in total. The van der Waals surface area contributed by atoms with Crippen LogP contribution >= 0.6 is 0 Å². The van der Waals surface area contributed by atoms with Crippen LogP contribution < -0.4 is 10.1 Å². The number of aromatic nitrogens is 8. The second-order valence-corrected chi connectivity index (χ2v) is 7.76. The van der Waals surface area contributed by atoms with Crippen LogP contribution in [0.15, 0.2) is 61.6 Å². The molecule has 166 valence electrons. The van der Waals surface area contributed by atoms with Crippen LogP contribution in [-0.2, 0) is 11.8 Å². The number of rotatable bonds is 6. The Balaban J connectivity index is 1.37. The largest absolute Gasteiger partial charge is 0.470 e. The zero-order chi connectivity index (χ0) is 22.2. The van der Waals surface area contributed by atoms with Crippen molar-refractivity contribution in [1.82, 2.24) is 39.1 Å². The monoisotopic (exact) mass is 443 g/mol. The van der Waals surface area contributed by atoms with Gasteiger partial charge < -0.3 is 19.4 Å². The molecule has 1 atom stereocenters. The number of nitrogens with one attached hydrogen (secondary N) is 1. The Hall–Kier alpha value is -4.25. The zero-order valence-corrected chi connectivity index (χ0v) is 17.9.